The zero-order valence-corrected chi connectivity index (χ0v) is 14.0. The van der Waals surface area contributed by atoms with E-state index in [1.54, 1.807) is 11.3 Å². The fourth-order valence-corrected chi connectivity index (χ4v) is 2.89. The first-order chi connectivity index (χ1) is 10.5. The van der Waals surface area contributed by atoms with Gasteiger partial charge < -0.3 is 10.8 Å². The van der Waals surface area contributed by atoms with E-state index in [1.165, 1.54) is 16.0 Å². The minimum atomic E-state index is -0.499. The van der Waals surface area contributed by atoms with Gasteiger partial charge in [-0.15, -0.1) is 11.3 Å². The van der Waals surface area contributed by atoms with Crippen LogP contribution in [0, 0.1) is 18.8 Å². The van der Waals surface area contributed by atoms with Crippen molar-refractivity contribution in [3.63, 3.8) is 0 Å². The number of benzene rings is 1. The molecule has 0 aliphatic carbocycles. The van der Waals surface area contributed by atoms with Crippen molar-refractivity contribution >= 4 is 11.3 Å². The normalized spacial score (nSPS) is 13.3. The average Bonchev–Trinajstić information content (AvgIpc) is 2.95. The monoisotopic (exact) mass is 313 g/mol. The fourth-order valence-electron chi connectivity index (χ4n) is 2.01. The van der Waals surface area contributed by atoms with Crippen LogP contribution in [0.5, 0.6) is 0 Å². The molecule has 0 radical (unpaired) electrons. The van der Waals surface area contributed by atoms with Crippen LogP contribution in [0.25, 0.3) is 0 Å². The maximum atomic E-state index is 9.17. The van der Waals surface area contributed by atoms with E-state index in [-0.39, 0.29) is 6.61 Å². The molecule has 0 spiro atoms. The highest BCUT2D eigenvalue weighted by molar-refractivity contribution is 7.12. The molecule has 1 aromatic carbocycles. The number of hydrogen-bond acceptors (Lipinski definition) is 3. The van der Waals surface area contributed by atoms with E-state index in [1.807, 2.05) is 6.92 Å². The van der Waals surface area contributed by atoms with Gasteiger partial charge in [-0.3, -0.25) is 0 Å². The van der Waals surface area contributed by atoms with Gasteiger partial charge in [-0.1, -0.05) is 41.7 Å². The summed E-state index contributed by atoms with van der Waals surface area (Å²) >= 11 is 1.71. The summed E-state index contributed by atoms with van der Waals surface area (Å²) in [6, 6.07) is 12.7. The van der Waals surface area contributed by atoms with Crippen LogP contribution in [0.15, 0.2) is 36.4 Å². The standard InChI is InChI=1S/C19H23NOS/c1-15-6-8-16(9-7-15)4-3-5-17-10-11-18(22-17)12-13-19(2,20)14-21/h6-11,21H,4,12-14,20H2,1-2H3. The number of rotatable bonds is 5. The van der Waals surface area contributed by atoms with Crippen LogP contribution in [0.3, 0.4) is 0 Å². The van der Waals surface area contributed by atoms with Gasteiger partial charge in [0, 0.05) is 16.8 Å². The van der Waals surface area contributed by atoms with Crippen molar-refractivity contribution in [2.24, 2.45) is 5.73 Å². The molecule has 0 saturated carbocycles. The van der Waals surface area contributed by atoms with Crippen LogP contribution in [0.1, 0.15) is 34.2 Å². The van der Waals surface area contributed by atoms with E-state index in [0.717, 1.165) is 24.1 Å². The van der Waals surface area contributed by atoms with E-state index in [2.05, 4.69) is 55.2 Å². The molecule has 0 aliphatic heterocycles. The molecule has 1 aromatic heterocycles. The molecule has 1 heterocycles. The molecule has 2 rings (SSSR count). The Morgan fingerprint density at radius 2 is 1.91 bits per heavy atom. The highest BCUT2D eigenvalue weighted by Gasteiger charge is 2.16. The van der Waals surface area contributed by atoms with Crippen molar-refractivity contribution in [3.8, 4) is 11.8 Å². The second kappa shape index (κ2) is 7.60. The number of aryl methyl sites for hydroxylation is 2. The van der Waals surface area contributed by atoms with Gasteiger partial charge in [0.05, 0.1) is 11.5 Å². The molecule has 1 atom stereocenters. The fraction of sp³-hybridized carbons (Fsp3) is 0.368. The van der Waals surface area contributed by atoms with Gasteiger partial charge in [-0.2, -0.15) is 0 Å². The number of thiophene rings is 1. The summed E-state index contributed by atoms with van der Waals surface area (Å²) in [5.41, 5.74) is 7.97. The van der Waals surface area contributed by atoms with Crippen molar-refractivity contribution in [2.45, 2.75) is 38.6 Å². The summed E-state index contributed by atoms with van der Waals surface area (Å²) < 4.78 is 0. The highest BCUT2D eigenvalue weighted by atomic mass is 32.1. The molecule has 0 aliphatic rings. The molecule has 1 unspecified atom stereocenters. The Morgan fingerprint density at radius 1 is 1.18 bits per heavy atom. The van der Waals surface area contributed by atoms with Crippen LogP contribution < -0.4 is 5.73 Å². The maximum absolute atomic E-state index is 9.17. The summed E-state index contributed by atoms with van der Waals surface area (Å²) in [5, 5.41) is 9.17. The molecule has 3 heteroatoms. The van der Waals surface area contributed by atoms with E-state index in [0.29, 0.717) is 0 Å². The number of aliphatic hydroxyl groups excluding tert-OH is 1. The van der Waals surface area contributed by atoms with Crippen molar-refractivity contribution in [1.82, 2.24) is 0 Å². The first kappa shape index (κ1) is 16.8. The topological polar surface area (TPSA) is 46.2 Å². The predicted octanol–water partition coefficient (Wildman–Crippen LogP) is 3.29. The lowest BCUT2D eigenvalue weighted by Gasteiger charge is -2.20. The molecule has 0 bridgehead atoms. The van der Waals surface area contributed by atoms with Crippen molar-refractivity contribution in [2.75, 3.05) is 6.61 Å². The third-order valence-corrected chi connectivity index (χ3v) is 4.65. The van der Waals surface area contributed by atoms with E-state index >= 15 is 0 Å². The Kier molecular flexibility index (Phi) is 5.79. The predicted molar refractivity (Wildman–Crippen MR) is 94.1 cm³/mol. The maximum Gasteiger partial charge on any atom is 0.0771 e. The van der Waals surface area contributed by atoms with Crippen molar-refractivity contribution in [1.29, 1.82) is 0 Å². The molecule has 2 nitrogen and oxygen atoms in total. The summed E-state index contributed by atoms with van der Waals surface area (Å²) in [6.45, 7) is 3.98. The van der Waals surface area contributed by atoms with Gasteiger partial charge in [0.15, 0.2) is 0 Å². The Bertz CT molecular complexity index is 659. The van der Waals surface area contributed by atoms with Gasteiger partial charge in [-0.25, -0.2) is 0 Å². The lowest BCUT2D eigenvalue weighted by atomic mass is 9.98. The smallest absolute Gasteiger partial charge is 0.0771 e. The first-order valence-electron chi connectivity index (χ1n) is 7.51. The van der Waals surface area contributed by atoms with E-state index < -0.39 is 5.54 Å². The largest absolute Gasteiger partial charge is 0.394 e. The zero-order chi connectivity index (χ0) is 16.0. The molecule has 0 saturated heterocycles. The molecular formula is C19H23NOS. The molecule has 116 valence electrons. The van der Waals surface area contributed by atoms with Crippen LogP contribution in [0.2, 0.25) is 0 Å². The second-order valence-corrected chi connectivity index (χ2v) is 7.21. The van der Waals surface area contributed by atoms with Gasteiger partial charge in [0.1, 0.15) is 0 Å². The first-order valence-corrected chi connectivity index (χ1v) is 8.33. The van der Waals surface area contributed by atoms with E-state index in [4.69, 9.17) is 5.73 Å². The molecule has 22 heavy (non-hydrogen) atoms. The average molecular weight is 313 g/mol. The minimum Gasteiger partial charge on any atom is -0.394 e. The Balaban J connectivity index is 1.89. The molecule has 0 fully saturated rings. The van der Waals surface area contributed by atoms with Gasteiger partial charge in [0.25, 0.3) is 0 Å². The van der Waals surface area contributed by atoms with Crippen LogP contribution in [0.4, 0.5) is 0 Å². The van der Waals surface area contributed by atoms with Crippen LogP contribution >= 0.6 is 11.3 Å². The molecular weight excluding hydrogens is 290 g/mol. The summed E-state index contributed by atoms with van der Waals surface area (Å²) in [4.78, 5) is 2.36. The van der Waals surface area contributed by atoms with Gasteiger partial charge in [-0.05, 0) is 44.4 Å². The van der Waals surface area contributed by atoms with Crippen LogP contribution in [-0.2, 0) is 12.8 Å². The summed E-state index contributed by atoms with van der Waals surface area (Å²) in [7, 11) is 0. The third-order valence-electron chi connectivity index (χ3n) is 3.59. The van der Waals surface area contributed by atoms with Crippen molar-refractivity contribution in [3.05, 3.63) is 57.3 Å². The second-order valence-electron chi connectivity index (χ2n) is 6.04. The lowest BCUT2D eigenvalue weighted by molar-refractivity contribution is 0.201. The summed E-state index contributed by atoms with van der Waals surface area (Å²) in [6.07, 6.45) is 2.44. The SMILES string of the molecule is Cc1ccc(CC#Cc2ccc(CCC(C)(N)CO)s2)cc1. The lowest BCUT2D eigenvalue weighted by Crippen LogP contribution is -2.40. The van der Waals surface area contributed by atoms with Gasteiger partial charge >= 0.3 is 0 Å². The minimum absolute atomic E-state index is 0.0155. The van der Waals surface area contributed by atoms with E-state index in [9.17, 15) is 5.11 Å². The number of nitrogens with two attached hydrogens (primary N) is 1. The Morgan fingerprint density at radius 3 is 2.59 bits per heavy atom. The zero-order valence-electron chi connectivity index (χ0n) is 13.2. The molecule has 2 aromatic rings. The molecule has 3 N–H and O–H groups in total. The third kappa shape index (κ3) is 5.31. The van der Waals surface area contributed by atoms with Gasteiger partial charge in [0.2, 0.25) is 0 Å². The number of hydrogen-bond donors (Lipinski definition) is 2. The molecule has 0 amide bonds. The Labute approximate surface area is 137 Å². The van der Waals surface area contributed by atoms with Crippen LogP contribution in [-0.4, -0.2) is 17.3 Å². The highest BCUT2D eigenvalue weighted by Crippen LogP contribution is 2.19. The summed E-state index contributed by atoms with van der Waals surface area (Å²) in [5.74, 6) is 6.46. The quantitative estimate of drug-likeness (QED) is 0.832. The van der Waals surface area contributed by atoms with Crippen molar-refractivity contribution < 1.29 is 5.11 Å². The Hall–Kier alpha value is -1.60. The number of aliphatic hydroxyl groups is 1.